The average Bonchev–Trinajstić information content (AvgIpc) is 3.37. The summed E-state index contributed by atoms with van der Waals surface area (Å²) in [6, 6.07) is 23.2. The number of hydrogen-bond donors (Lipinski definition) is 2. The van der Waals surface area contributed by atoms with Crippen LogP contribution in [0, 0.1) is 17.0 Å². The Balaban J connectivity index is 1.35. The smallest absolute Gasteiger partial charge is 0.289 e. The summed E-state index contributed by atoms with van der Waals surface area (Å²) in [6.45, 7) is 4.22. The van der Waals surface area contributed by atoms with Crippen LogP contribution in [0.1, 0.15) is 34.1 Å². The van der Waals surface area contributed by atoms with Gasteiger partial charge in [0.2, 0.25) is 0 Å². The Bertz CT molecular complexity index is 1360. The molecule has 0 fully saturated rings. The minimum Gasteiger partial charge on any atom is -0.489 e. The number of benzene rings is 3. The Labute approximate surface area is 201 Å². The number of aromatic amines is 1. The lowest BCUT2D eigenvalue weighted by Crippen LogP contribution is -2.19. The van der Waals surface area contributed by atoms with Crippen LogP contribution < -0.4 is 10.2 Å². The number of amides is 1. The normalized spacial score (nSPS) is 11.2. The Hall–Kier alpha value is -4.79. The lowest BCUT2D eigenvalue weighted by molar-refractivity contribution is -0.384. The van der Waals surface area contributed by atoms with Crippen LogP contribution in [-0.4, -0.2) is 26.7 Å². The third-order valence-corrected chi connectivity index (χ3v) is 5.32. The van der Waals surface area contributed by atoms with Gasteiger partial charge in [0.05, 0.1) is 16.3 Å². The van der Waals surface area contributed by atoms with Crippen molar-refractivity contribution in [3.05, 3.63) is 111 Å². The number of carbonyl (C=O) groups excluding carboxylic acids is 1. The summed E-state index contributed by atoms with van der Waals surface area (Å²) in [5.41, 5.74) is 7.60. The number of nitro groups is 1. The first-order valence-electron chi connectivity index (χ1n) is 10.8. The third kappa shape index (κ3) is 5.97. The molecule has 176 valence electrons. The number of carbonyl (C=O) groups is 1. The van der Waals surface area contributed by atoms with Gasteiger partial charge in [-0.15, -0.1) is 0 Å². The number of aryl methyl sites for hydroxylation is 1. The van der Waals surface area contributed by atoms with E-state index in [0.29, 0.717) is 23.6 Å². The molecule has 1 heterocycles. The molecule has 3 aromatic carbocycles. The Morgan fingerprint density at radius 1 is 1.06 bits per heavy atom. The van der Waals surface area contributed by atoms with Crippen molar-refractivity contribution in [2.24, 2.45) is 5.10 Å². The van der Waals surface area contributed by atoms with Crippen molar-refractivity contribution >= 4 is 17.3 Å². The van der Waals surface area contributed by atoms with Crippen LogP contribution in [0.2, 0.25) is 0 Å². The van der Waals surface area contributed by atoms with Crippen LogP contribution in [0.25, 0.3) is 11.3 Å². The molecule has 9 nitrogen and oxygen atoms in total. The minimum atomic E-state index is -0.472. The van der Waals surface area contributed by atoms with E-state index in [4.69, 9.17) is 4.74 Å². The molecule has 2 N–H and O–H groups in total. The average molecular weight is 470 g/mol. The summed E-state index contributed by atoms with van der Waals surface area (Å²) in [7, 11) is 0. The van der Waals surface area contributed by atoms with Gasteiger partial charge in [0.1, 0.15) is 18.1 Å². The van der Waals surface area contributed by atoms with E-state index in [9.17, 15) is 14.9 Å². The van der Waals surface area contributed by atoms with Gasteiger partial charge in [-0.25, -0.2) is 5.43 Å². The minimum absolute atomic E-state index is 0.0126. The van der Waals surface area contributed by atoms with Crippen molar-refractivity contribution in [3.63, 3.8) is 0 Å². The molecule has 0 bridgehead atoms. The van der Waals surface area contributed by atoms with E-state index < -0.39 is 10.8 Å². The second-order valence-corrected chi connectivity index (χ2v) is 7.91. The maximum Gasteiger partial charge on any atom is 0.289 e. The van der Waals surface area contributed by atoms with Gasteiger partial charge < -0.3 is 4.74 Å². The fourth-order valence-corrected chi connectivity index (χ4v) is 3.24. The van der Waals surface area contributed by atoms with Crippen LogP contribution in [0.5, 0.6) is 5.75 Å². The van der Waals surface area contributed by atoms with Crippen LogP contribution in [0.3, 0.4) is 0 Å². The van der Waals surface area contributed by atoms with Crippen LogP contribution in [0.15, 0.2) is 84.0 Å². The molecule has 0 atom stereocenters. The highest BCUT2D eigenvalue weighted by Gasteiger charge is 2.12. The van der Waals surface area contributed by atoms with E-state index in [1.807, 2.05) is 43.3 Å². The lowest BCUT2D eigenvalue weighted by atomic mass is 10.1. The fraction of sp³-hybridized carbons (Fsp3) is 0.115. The highest BCUT2D eigenvalue weighted by Crippen LogP contribution is 2.22. The maximum absolute atomic E-state index is 12.5. The largest absolute Gasteiger partial charge is 0.489 e. The summed E-state index contributed by atoms with van der Waals surface area (Å²) in [4.78, 5) is 22.8. The molecule has 0 aliphatic carbocycles. The second kappa shape index (κ2) is 10.4. The van der Waals surface area contributed by atoms with Crippen molar-refractivity contribution in [2.75, 3.05) is 0 Å². The SMILES string of the molecule is C/C(=N/NC(=O)c1cc(-c2ccc(OCc3ccc(C)cc3)cc2)n[nH]1)c1ccc([N+](=O)[O-])cc1. The highest BCUT2D eigenvalue weighted by atomic mass is 16.6. The van der Waals surface area contributed by atoms with Gasteiger partial charge in [-0.3, -0.25) is 20.0 Å². The fourth-order valence-electron chi connectivity index (χ4n) is 3.24. The molecule has 35 heavy (non-hydrogen) atoms. The van der Waals surface area contributed by atoms with Gasteiger partial charge in [-0.1, -0.05) is 29.8 Å². The third-order valence-electron chi connectivity index (χ3n) is 5.32. The predicted octanol–water partition coefficient (Wildman–Crippen LogP) is 5.03. The van der Waals surface area contributed by atoms with E-state index in [2.05, 4.69) is 32.9 Å². The first kappa shape index (κ1) is 23.4. The molecule has 0 radical (unpaired) electrons. The molecule has 0 aliphatic heterocycles. The zero-order valence-electron chi connectivity index (χ0n) is 19.2. The van der Waals surface area contributed by atoms with Gasteiger partial charge in [0, 0.05) is 17.7 Å². The molecule has 0 aliphatic rings. The van der Waals surface area contributed by atoms with Crippen molar-refractivity contribution in [2.45, 2.75) is 20.5 Å². The van der Waals surface area contributed by atoms with Gasteiger partial charge in [-0.2, -0.15) is 10.2 Å². The number of ether oxygens (including phenoxy) is 1. The zero-order valence-corrected chi connectivity index (χ0v) is 19.2. The van der Waals surface area contributed by atoms with Crippen LogP contribution >= 0.6 is 0 Å². The molecule has 1 aromatic heterocycles. The van der Waals surface area contributed by atoms with Gasteiger partial charge >= 0.3 is 0 Å². The topological polar surface area (TPSA) is 123 Å². The molecule has 4 rings (SSSR count). The monoisotopic (exact) mass is 469 g/mol. The number of H-pyrrole nitrogens is 1. The number of rotatable bonds is 8. The van der Waals surface area contributed by atoms with Crippen molar-refractivity contribution in [1.82, 2.24) is 15.6 Å². The molecule has 1 amide bonds. The number of hydrazone groups is 1. The summed E-state index contributed by atoms with van der Waals surface area (Å²) >= 11 is 0. The zero-order chi connectivity index (χ0) is 24.8. The predicted molar refractivity (Wildman–Crippen MR) is 132 cm³/mol. The Morgan fingerprint density at radius 3 is 2.40 bits per heavy atom. The van der Waals surface area contributed by atoms with Crippen LogP contribution in [-0.2, 0) is 6.61 Å². The summed E-state index contributed by atoms with van der Waals surface area (Å²) in [5.74, 6) is 0.280. The summed E-state index contributed by atoms with van der Waals surface area (Å²) < 4.78 is 5.83. The van der Waals surface area contributed by atoms with E-state index in [-0.39, 0.29) is 11.4 Å². The van der Waals surface area contributed by atoms with Gasteiger partial charge in [-0.05, 0) is 67.4 Å². The van der Waals surface area contributed by atoms with E-state index >= 15 is 0 Å². The Morgan fingerprint density at radius 2 is 1.74 bits per heavy atom. The standard InChI is InChI=1S/C26H23N5O4/c1-17-3-5-19(6-4-17)16-35-23-13-9-21(10-14-23)24-15-25(29-28-24)26(32)30-27-18(2)20-7-11-22(12-8-20)31(33)34/h3-15H,16H2,1-2H3,(H,28,29)(H,30,32)/b27-18-. The van der Waals surface area contributed by atoms with Crippen molar-refractivity contribution in [1.29, 1.82) is 0 Å². The first-order chi connectivity index (χ1) is 16.9. The highest BCUT2D eigenvalue weighted by molar-refractivity contribution is 6.00. The van der Waals surface area contributed by atoms with E-state index in [1.54, 1.807) is 25.1 Å². The lowest BCUT2D eigenvalue weighted by Gasteiger charge is -2.07. The van der Waals surface area contributed by atoms with E-state index in [1.165, 1.54) is 17.7 Å². The number of nitrogens with zero attached hydrogens (tertiary/aromatic N) is 3. The Kier molecular flexibility index (Phi) is 6.96. The van der Waals surface area contributed by atoms with Crippen LogP contribution in [0.4, 0.5) is 5.69 Å². The van der Waals surface area contributed by atoms with Gasteiger partial charge in [0.15, 0.2) is 0 Å². The number of hydrogen-bond acceptors (Lipinski definition) is 6. The van der Waals surface area contributed by atoms with Gasteiger partial charge in [0.25, 0.3) is 11.6 Å². The molecule has 0 spiro atoms. The summed E-state index contributed by atoms with van der Waals surface area (Å²) in [5, 5.41) is 21.8. The van der Waals surface area contributed by atoms with Crippen molar-refractivity contribution < 1.29 is 14.5 Å². The second-order valence-electron chi connectivity index (χ2n) is 7.91. The molecule has 0 saturated heterocycles. The molecular formula is C26H23N5O4. The number of nitrogens with one attached hydrogen (secondary N) is 2. The number of non-ortho nitro benzene ring substituents is 1. The quantitative estimate of drug-likeness (QED) is 0.213. The summed E-state index contributed by atoms with van der Waals surface area (Å²) in [6.07, 6.45) is 0. The first-order valence-corrected chi connectivity index (χ1v) is 10.8. The van der Waals surface area contributed by atoms with Crippen molar-refractivity contribution in [3.8, 4) is 17.0 Å². The molecule has 9 heteroatoms. The molecule has 0 unspecified atom stereocenters. The number of aromatic nitrogens is 2. The number of nitro benzene ring substituents is 1. The van der Waals surface area contributed by atoms with E-state index in [0.717, 1.165) is 16.9 Å². The molecule has 4 aromatic rings. The molecular weight excluding hydrogens is 446 g/mol. The maximum atomic E-state index is 12.5. The molecule has 0 saturated carbocycles.